The van der Waals surface area contributed by atoms with Gasteiger partial charge in [-0.15, -0.1) is 0 Å². The lowest BCUT2D eigenvalue weighted by Crippen LogP contribution is -1.75. The topological polar surface area (TPSA) is 17.1 Å². The molecule has 9 heavy (non-hydrogen) atoms. The molecule has 0 unspecified atom stereocenters. The Kier molecular flexibility index (Phi) is 2.01. The van der Waals surface area contributed by atoms with E-state index in [0.29, 0.717) is 5.56 Å². The van der Waals surface area contributed by atoms with Gasteiger partial charge in [-0.2, -0.15) is 0 Å². The maximum absolute atomic E-state index is 10.1. The van der Waals surface area contributed by atoms with Gasteiger partial charge in [0.25, 0.3) is 0 Å². The Labute approximate surface area is 63.3 Å². The monoisotopic (exact) mass is 185 g/mol. The van der Waals surface area contributed by atoms with Crippen LogP contribution in [-0.2, 0) is 0 Å². The smallest absolute Gasteiger partial charge is 0.298 e. The number of halogens is 1. The molecule has 0 radical (unpaired) electrons. The van der Waals surface area contributed by atoms with Gasteiger partial charge in [-0.25, -0.2) is 0 Å². The number of benzene rings is 1. The van der Waals surface area contributed by atoms with Gasteiger partial charge in [-0.1, -0.05) is 28.1 Å². The Hall–Kier alpha value is -0.630. The van der Waals surface area contributed by atoms with Crippen LogP contribution in [0.2, 0.25) is 0 Å². The van der Waals surface area contributed by atoms with Crippen LogP contribution in [-0.4, -0.2) is 6.29 Å². The molecule has 0 N–H and O–H groups in total. The molecule has 1 nitrogen and oxygen atoms in total. The summed E-state index contributed by atoms with van der Waals surface area (Å²) in [6.07, 6.45) is 0.826. The van der Waals surface area contributed by atoms with Crippen LogP contribution in [0.3, 0.4) is 0 Å². The molecule has 46 valence electrons. The fourth-order valence-electron chi connectivity index (χ4n) is 0.541. The molecule has 1 rings (SSSR count). The number of carbonyl (C=O) groups excluding carboxylic acids is 1. The molecular weight excluding hydrogens is 180 g/mol. The second kappa shape index (κ2) is 2.78. The van der Waals surface area contributed by atoms with Crippen molar-refractivity contribution >= 4 is 22.2 Å². The zero-order valence-corrected chi connectivity index (χ0v) is 6.26. The molecule has 0 saturated heterocycles. The summed E-state index contributed by atoms with van der Waals surface area (Å²) in [4.78, 5) is 10.1. The molecule has 0 aliphatic carbocycles. The van der Waals surface area contributed by atoms with Gasteiger partial charge >= 0.3 is 1.43 Å². The van der Waals surface area contributed by atoms with E-state index in [2.05, 4.69) is 15.9 Å². The van der Waals surface area contributed by atoms with E-state index in [-0.39, 0.29) is 1.43 Å². The second-order valence-electron chi connectivity index (χ2n) is 1.67. The molecular formula is C7H6BrO+. The molecule has 1 aromatic rings. The highest BCUT2D eigenvalue weighted by molar-refractivity contribution is 9.10. The van der Waals surface area contributed by atoms with Gasteiger partial charge in [0.2, 0.25) is 0 Å². The van der Waals surface area contributed by atoms with Crippen molar-refractivity contribution in [3.63, 3.8) is 0 Å². The van der Waals surface area contributed by atoms with E-state index in [0.717, 1.165) is 10.8 Å². The zero-order chi connectivity index (χ0) is 6.69. The Morgan fingerprint density at radius 2 is 1.89 bits per heavy atom. The van der Waals surface area contributed by atoms with Gasteiger partial charge < -0.3 is 0 Å². The van der Waals surface area contributed by atoms with Crippen LogP contribution in [0.25, 0.3) is 0 Å². The van der Waals surface area contributed by atoms with Crippen LogP contribution >= 0.6 is 15.9 Å². The summed E-state index contributed by atoms with van der Waals surface area (Å²) in [5, 5.41) is 0. The van der Waals surface area contributed by atoms with E-state index in [1.165, 1.54) is 0 Å². The summed E-state index contributed by atoms with van der Waals surface area (Å²) in [6, 6.07) is 7.20. The minimum absolute atomic E-state index is 0. The van der Waals surface area contributed by atoms with Crippen LogP contribution in [0.4, 0.5) is 0 Å². The van der Waals surface area contributed by atoms with E-state index in [1.54, 1.807) is 12.1 Å². The van der Waals surface area contributed by atoms with Crippen molar-refractivity contribution in [2.75, 3.05) is 0 Å². The summed E-state index contributed by atoms with van der Waals surface area (Å²) >= 11 is 3.26. The van der Waals surface area contributed by atoms with Gasteiger partial charge in [0, 0.05) is 10.0 Å². The quantitative estimate of drug-likeness (QED) is 0.615. The lowest BCUT2D eigenvalue weighted by Gasteiger charge is -1.87. The summed E-state index contributed by atoms with van der Waals surface area (Å²) < 4.78 is 0.994. The summed E-state index contributed by atoms with van der Waals surface area (Å²) in [5.74, 6) is 0. The zero-order valence-electron chi connectivity index (χ0n) is 5.67. The second-order valence-corrected chi connectivity index (χ2v) is 2.59. The molecule has 0 bridgehead atoms. The lowest BCUT2D eigenvalue weighted by atomic mass is 10.2. The molecule has 0 atom stereocenters. The third-order valence-electron chi connectivity index (χ3n) is 1.01. The van der Waals surface area contributed by atoms with Gasteiger partial charge in [0.1, 0.15) is 6.29 Å². The number of carbonyl (C=O) groups is 1. The van der Waals surface area contributed by atoms with Crippen molar-refractivity contribution in [1.82, 2.24) is 0 Å². The van der Waals surface area contributed by atoms with E-state index < -0.39 is 0 Å². The highest BCUT2D eigenvalue weighted by Gasteiger charge is 1.86. The lowest BCUT2D eigenvalue weighted by molar-refractivity contribution is 0.112. The van der Waals surface area contributed by atoms with Gasteiger partial charge in [0.15, 0.2) is 0 Å². The molecule has 0 spiro atoms. The van der Waals surface area contributed by atoms with Crippen LogP contribution < -0.4 is 0 Å². The Bertz CT molecular complexity index is 207. The highest BCUT2D eigenvalue weighted by atomic mass is 79.9. The maximum Gasteiger partial charge on any atom is 1.00 e. The average Bonchev–Trinajstić information content (AvgIpc) is 1.90. The third kappa shape index (κ3) is 1.64. The van der Waals surface area contributed by atoms with E-state index >= 15 is 0 Å². The van der Waals surface area contributed by atoms with Crippen LogP contribution in [0, 0.1) is 0 Å². The standard InChI is InChI=1S/C7H5BrO/c8-7-3-1-6(5-9)2-4-7/h1-5H/p+1. The number of hydrogen-bond donors (Lipinski definition) is 0. The molecule has 2 heteroatoms. The normalized spacial score (nSPS) is 9.00. The van der Waals surface area contributed by atoms with Crippen LogP contribution in [0.15, 0.2) is 28.7 Å². The van der Waals surface area contributed by atoms with E-state index in [4.69, 9.17) is 0 Å². The van der Waals surface area contributed by atoms with E-state index in [9.17, 15) is 4.79 Å². The van der Waals surface area contributed by atoms with Crippen molar-refractivity contribution in [2.24, 2.45) is 0 Å². The number of aldehydes is 1. The molecule has 0 aliphatic heterocycles. The Balaban J connectivity index is 0.000000810. The van der Waals surface area contributed by atoms with Crippen LogP contribution in [0.1, 0.15) is 11.8 Å². The number of hydrogen-bond acceptors (Lipinski definition) is 1. The molecule has 1 aromatic carbocycles. The van der Waals surface area contributed by atoms with Gasteiger partial charge in [0.05, 0.1) is 0 Å². The summed E-state index contributed by atoms with van der Waals surface area (Å²) in [5.41, 5.74) is 0.707. The van der Waals surface area contributed by atoms with Crippen molar-refractivity contribution in [3.8, 4) is 0 Å². The first kappa shape index (κ1) is 6.49. The Morgan fingerprint density at radius 1 is 1.33 bits per heavy atom. The predicted molar refractivity (Wildman–Crippen MR) is 40.6 cm³/mol. The van der Waals surface area contributed by atoms with Gasteiger partial charge in [-0.05, 0) is 12.1 Å². The van der Waals surface area contributed by atoms with Crippen molar-refractivity contribution in [1.29, 1.82) is 0 Å². The first-order valence-corrected chi connectivity index (χ1v) is 3.33. The molecule has 0 saturated carbocycles. The fourth-order valence-corrected chi connectivity index (χ4v) is 0.806. The average molecular weight is 186 g/mol. The first-order chi connectivity index (χ1) is 4.33. The van der Waals surface area contributed by atoms with E-state index in [1.807, 2.05) is 12.1 Å². The SMILES string of the molecule is O=Cc1ccc(Br)cc1.[H+]. The van der Waals surface area contributed by atoms with Crippen molar-refractivity contribution in [3.05, 3.63) is 34.3 Å². The summed E-state index contributed by atoms with van der Waals surface area (Å²) in [7, 11) is 0. The van der Waals surface area contributed by atoms with Gasteiger partial charge in [-0.3, -0.25) is 4.79 Å². The maximum atomic E-state index is 10.1. The Morgan fingerprint density at radius 3 is 2.33 bits per heavy atom. The third-order valence-corrected chi connectivity index (χ3v) is 1.53. The summed E-state index contributed by atoms with van der Waals surface area (Å²) in [6.45, 7) is 0. The van der Waals surface area contributed by atoms with Crippen molar-refractivity contribution < 1.29 is 6.22 Å². The predicted octanol–water partition coefficient (Wildman–Crippen LogP) is 2.37. The molecule has 0 heterocycles. The molecule has 0 fully saturated rings. The van der Waals surface area contributed by atoms with Crippen molar-refractivity contribution in [2.45, 2.75) is 0 Å². The highest BCUT2D eigenvalue weighted by Crippen LogP contribution is 2.08. The largest absolute Gasteiger partial charge is 1.00 e. The fraction of sp³-hybridized carbons (Fsp3) is 0. The van der Waals surface area contributed by atoms with Crippen LogP contribution in [0.5, 0.6) is 0 Å². The molecule has 0 amide bonds. The minimum atomic E-state index is 0. The number of rotatable bonds is 1. The molecule has 0 aliphatic rings. The molecule has 0 aromatic heterocycles. The first-order valence-electron chi connectivity index (χ1n) is 2.53. The minimum Gasteiger partial charge on any atom is -0.298 e.